The van der Waals surface area contributed by atoms with Crippen LogP contribution >= 0.6 is 0 Å². The summed E-state index contributed by atoms with van der Waals surface area (Å²) in [6.45, 7) is 9.90. The summed E-state index contributed by atoms with van der Waals surface area (Å²) in [4.78, 5) is 2.36. The van der Waals surface area contributed by atoms with Crippen molar-refractivity contribution in [1.29, 1.82) is 0 Å². The van der Waals surface area contributed by atoms with E-state index in [-0.39, 0.29) is 6.04 Å². The molecule has 0 aliphatic carbocycles. The van der Waals surface area contributed by atoms with Crippen LogP contribution in [0.2, 0.25) is 0 Å². The number of nitrogens with zero attached hydrogens (tertiary/aromatic N) is 1. The quantitative estimate of drug-likeness (QED) is 0.813. The molecule has 1 aromatic carbocycles. The van der Waals surface area contributed by atoms with Crippen molar-refractivity contribution in [3.63, 3.8) is 0 Å². The fraction of sp³-hybridized carbons (Fsp3) is 0.647. The van der Waals surface area contributed by atoms with E-state index in [1.165, 1.54) is 17.5 Å². The lowest BCUT2D eigenvalue weighted by molar-refractivity contribution is 0.197. The van der Waals surface area contributed by atoms with Crippen LogP contribution in [0.3, 0.4) is 0 Å². The summed E-state index contributed by atoms with van der Waals surface area (Å²) in [6.07, 6.45) is 2.35. The van der Waals surface area contributed by atoms with Crippen LogP contribution in [0.25, 0.3) is 0 Å². The number of aryl methyl sites for hydroxylation is 1. The molecule has 108 valence electrons. The van der Waals surface area contributed by atoms with E-state index < -0.39 is 0 Å². The van der Waals surface area contributed by atoms with Crippen molar-refractivity contribution in [3.05, 3.63) is 35.4 Å². The molecule has 2 N–H and O–H groups in total. The van der Waals surface area contributed by atoms with E-state index in [2.05, 4.69) is 63.9 Å². The van der Waals surface area contributed by atoms with Crippen LogP contribution in [0.1, 0.15) is 51.3 Å². The SMILES string of the molecule is CCCc1ccc(C(N)CN(C)C(C)C(C)C)cc1. The molecule has 2 nitrogen and oxygen atoms in total. The van der Waals surface area contributed by atoms with Gasteiger partial charge in [-0.05, 0) is 37.4 Å². The third-order valence-corrected chi connectivity index (χ3v) is 4.09. The van der Waals surface area contributed by atoms with Crippen LogP contribution in [0.5, 0.6) is 0 Å². The minimum absolute atomic E-state index is 0.0990. The van der Waals surface area contributed by atoms with E-state index in [0.29, 0.717) is 12.0 Å². The maximum atomic E-state index is 6.32. The lowest BCUT2D eigenvalue weighted by Gasteiger charge is -2.30. The molecular formula is C17H30N2. The van der Waals surface area contributed by atoms with E-state index in [4.69, 9.17) is 5.73 Å². The van der Waals surface area contributed by atoms with Crippen molar-refractivity contribution < 1.29 is 0 Å². The highest BCUT2D eigenvalue weighted by Gasteiger charge is 2.16. The highest BCUT2D eigenvalue weighted by molar-refractivity contribution is 5.25. The summed E-state index contributed by atoms with van der Waals surface area (Å²) in [5, 5.41) is 0. The highest BCUT2D eigenvalue weighted by Crippen LogP contribution is 2.16. The predicted molar refractivity (Wildman–Crippen MR) is 84.3 cm³/mol. The standard InChI is InChI=1S/C17H30N2/c1-6-7-15-8-10-16(11-9-15)17(18)12-19(5)14(4)13(2)3/h8-11,13-14,17H,6-7,12,18H2,1-5H3. The average molecular weight is 262 g/mol. The first kappa shape index (κ1) is 16.2. The first-order valence-corrected chi connectivity index (χ1v) is 7.50. The summed E-state index contributed by atoms with van der Waals surface area (Å²) in [5.41, 5.74) is 8.96. The van der Waals surface area contributed by atoms with Gasteiger partial charge >= 0.3 is 0 Å². The molecule has 0 amide bonds. The van der Waals surface area contributed by atoms with Crippen LogP contribution in [0.4, 0.5) is 0 Å². The molecule has 0 aromatic heterocycles. The molecule has 2 unspecified atom stereocenters. The zero-order valence-corrected chi connectivity index (χ0v) is 13.2. The van der Waals surface area contributed by atoms with Gasteiger partial charge in [0.2, 0.25) is 0 Å². The molecule has 19 heavy (non-hydrogen) atoms. The number of hydrogen-bond donors (Lipinski definition) is 1. The van der Waals surface area contributed by atoms with Crippen molar-refractivity contribution in [2.75, 3.05) is 13.6 Å². The third-order valence-electron chi connectivity index (χ3n) is 4.09. The summed E-state index contributed by atoms with van der Waals surface area (Å²) >= 11 is 0. The van der Waals surface area contributed by atoms with Crippen LogP contribution in [-0.4, -0.2) is 24.5 Å². The number of nitrogens with two attached hydrogens (primary N) is 1. The average Bonchev–Trinajstić information content (AvgIpc) is 2.38. The largest absolute Gasteiger partial charge is 0.323 e. The number of likely N-dealkylation sites (N-methyl/N-ethyl adjacent to an activating group) is 1. The molecule has 0 saturated heterocycles. The summed E-state index contributed by atoms with van der Waals surface area (Å²) in [5.74, 6) is 0.657. The van der Waals surface area contributed by atoms with E-state index in [0.717, 1.165) is 13.0 Å². The normalized spacial score (nSPS) is 14.9. The summed E-state index contributed by atoms with van der Waals surface area (Å²) in [6, 6.07) is 9.45. The summed E-state index contributed by atoms with van der Waals surface area (Å²) < 4.78 is 0. The maximum Gasteiger partial charge on any atom is 0.0424 e. The second-order valence-electron chi connectivity index (χ2n) is 6.02. The van der Waals surface area contributed by atoms with Gasteiger partial charge in [0.1, 0.15) is 0 Å². The molecule has 0 bridgehead atoms. The molecule has 0 heterocycles. The Morgan fingerprint density at radius 1 is 1.11 bits per heavy atom. The Hall–Kier alpha value is -0.860. The van der Waals surface area contributed by atoms with Crippen LogP contribution < -0.4 is 5.73 Å². The second kappa shape index (κ2) is 7.66. The molecule has 2 heteroatoms. The minimum Gasteiger partial charge on any atom is -0.323 e. The number of benzene rings is 1. The Balaban J connectivity index is 2.59. The van der Waals surface area contributed by atoms with E-state index in [1.54, 1.807) is 0 Å². The van der Waals surface area contributed by atoms with Crippen LogP contribution in [-0.2, 0) is 6.42 Å². The minimum atomic E-state index is 0.0990. The topological polar surface area (TPSA) is 29.3 Å². The lowest BCUT2D eigenvalue weighted by Crippen LogP contribution is -2.38. The fourth-order valence-corrected chi connectivity index (χ4v) is 2.31. The van der Waals surface area contributed by atoms with Gasteiger partial charge in [0.25, 0.3) is 0 Å². The van der Waals surface area contributed by atoms with Gasteiger partial charge in [-0.3, -0.25) is 0 Å². The van der Waals surface area contributed by atoms with Gasteiger partial charge < -0.3 is 10.6 Å². The first-order valence-electron chi connectivity index (χ1n) is 7.50. The third kappa shape index (κ3) is 4.96. The van der Waals surface area contributed by atoms with Crippen molar-refractivity contribution in [3.8, 4) is 0 Å². The molecule has 0 radical (unpaired) electrons. The summed E-state index contributed by atoms with van der Waals surface area (Å²) in [7, 11) is 2.16. The van der Waals surface area contributed by atoms with E-state index in [1.807, 2.05) is 0 Å². The highest BCUT2D eigenvalue weighted by atomic mass is 15.1. The Labute approximate surface area is 119 Å². The smallest absolute Gasteiger partial charge is 0.0424 e. The molecule has 1 rings (SSSR count). The van der Waals surface area contributed by atoms with Crippen molar-refractivity contribution in [2.45, 2.75) is 52.6 Å². The number of hydrogen-bond acceptors (Lipinski definition) is 2. The molecule has 2 atom stereocenters. The molecule has 0 spiro atoms. The van der Waals surface area contributed by atoms with Crippen molar-refractivity contribution in [1.82, 2.24) is 4.90 Å². The van der Waals surface area contributed by atoms with Gasteiger partial charge in [0.15, 0.2) is 0 Å². The molecule has 0 aliphatic heterocycles. The van der Waals surface area contributed by atoms with Gasteiger partial charge in [-0.2, -0.15) is 0 Å². The monoisotopic (exact) mass is 262 g/mol. The van der Waals surface area contributed by atoms with Gasteiger partial charge in [-0.15, -0.1) is 0 Å². The van der Waals surface area contributed by atoms with E-state index in [9.17, 15) is 0 Å². The Morgan fingerprint density at radius 3 is 2.16 bits per heavy atom. The van der Waals surface area contributed by atoms with Gasteiger partial charge in [0.05, 0.1) is 0 Å². The van der Waals surface area contributed by atoms with Gasteiger partial charge in [-0.25, -0.2) is 0 Å². The van der Waals surface area contributed by atoms with Crippen molar-refractivity contribution in [2.24, 2.45) is 11.7 Å². The first-order chi connectivity index (χ1) is 8.95. The zero-order chi connectivity index (χ0) is 14.4. The molecule has 0 aliphatic rings. The van der Waals surface area contributed by atoms with Gasteiger partial charge in [0, 0.05) is 18.6 Å². The lowest BCUT2D eigenvalue weighted by atomic mass is 10.0. The maximum absolute atomic E-state index is 6.32. The van der Waals surface area contributed by atoms with Crippen LogP contribution in [0, 0.1) is 5.92 Å². The Bertz CT molecular complexity index is 356. The van der Waals surface area contributed by atoms with Gasteiger partial charge in [-0.1, -0.05) is 51.5 Å². The molecule has 0 saturated carbocycles. The van der Waals surface area contributed by atoms with Crippen LogP contribution in [0.15, 0.2) is 24.3 Å². The Morgan fingerprint density at radius 2 is 1.68 bits per heavy atom. The molecular weight excluding hydrogens is 232 g/mol. The predicted octanol–water partition coefficient (Wildman–Crippen LogP) is 3.62. The molecule has 0 fully saturated rings. The second-order valence-corrected chi connectivity index (χ2v) is 6.02. The Kier molecular flexibility index (Phi) is 6.53. The number of rotatable bonds is 7. The van der Waals surface area contributed by atoms with E-state index >= 15 is 0 Å². The van der Waals surface area contributed by atoms with Crippen molar-refractivity contribution >= 4 is 0 Å². The zero-order valence-electron chi connectivity index (χ0n) is 13.2. The molecule has 1 aromatic rings. The fourth-order valence-electron chi connectivity index (χ4n) is 2.31.